The molecule has 0 atom stereocenters. The van der Waals surface area contributed by atoms with Gasteiger partial charge in [-0.3, -0.25) is 4.79 Å². The number of benzene rings is 2. The van der Waals surface area contributed by atoms with E-state index in [1.807, 2.05) is 6.07 Å². The lowest BCUT2D eigenvalue weighted by Gasteiger charge is -2.31. The molecule has 0 unspecified atom stereocenters. The molecule has 44 heavy (non-hydrogen) atoms. The standard InChI is InChI=1S/C32H32FN7O4/c1-5-29(41)39-11-8-19(9-12-39)44-28-14-22-25(16-27(28)43-4)34-17-35-30(22)38-26-13-21(24(33)15-23(26)32(2,3)42)20-7-6-10-40-31(20)36-18-37-40/h5-7,10,13-19,42H,1,8-9,11-12H2,2-4H3,(H,34,35,38). The van der Waals surface area contributed by atoms with Gasteiger partial charge in [0.05, 0.1) is 18.2 Å². The number of carbonyl (C=O) groups is 1. The second-order valence-corrected chi connectivity index (χ2v) is 11.1. The summed E-state index contributed by atoms with van der Waals surface area (Å²) < 4.78 is 29.2. The molecule has 5 aromatic rings. The Bertz CT molecular complexity index is 1880. The van der Waals surface area contributed by atoms with Crippen LogP contribution in [-0.4, -0.2) is 66.8 Å². The zero-order valence-electron chi connectivity index (χ0n) is 24.6. The van der Waals surface area contributed by atoms with Gasteiger partial charge in [0, 0.05) is 66.0 Å². The summed E-state index contributed by atoms with van der Waals surface area (Å²) in [5.74, 6) is 0.837. The van der Waals surface area contributed by atoms with Gasteiger partial charge in [-0.15, -0.1) is 0 Å². The number of ether oxygens (including phenoxy) is 2. The van der Waals surface area contributed by atoms with E-state index >= 15 is 4.39 Å². The second kappa shape index (κ2) is 11.5. The molecule has 3 aromatic heterocycles. The molecule has 0 bridgehead atoms. The van der Waals surface area contributed by atoms with E-state index in [-0.39, 0.29) is 17.6 Å². The maximum atomic E-state index is 15.6. The predicted molar refractivity (Wildman–Crippen MR) is 163 cm³/mol. The summed E-state index contributed by atoms with van der Waals surface area (Å²) in [5, 5.41) is 19.1. The lowest BCUT2D eigenvalue weighted by atomic mass is 9.93. The Labute approximate surface area is 253 Å². The minimum absolute atomic E-state index is 0.0906. The van der Waals surface area contributed by atoms with Crippen molar-refractivity contribution >= 4 is 34.0 Å². The number of pyridine rings is 1. The summed E-state index contributed by atoms with van der Waals surface area (Å²) in [4.78, 5) is 27.0. The van der Waals surface area contributed by atoms with Gasteiger partial charge in [-0.2, -0.15) is 5.10 Å². The van der Waals surface area contributed by atoms with Gasteiger partial charge in [-0.05, 0) is 50.3 Å². The molecular weight excluding hydrogens is 565 g/mol. The van der Waals surface area contributed by atoms with Crippen LogP contribution in [0.5, 0.6) is 11.5 Å². The first kappa shape index (κ1) is 29.0. The van der Waals surface area contributed by atoms with E-state index in [1.165, 1.54) is 24.8 Å². The number of aliphatic hydroxyl groups is 1. The lowest BCUT2D eigenvalue weighted by molar-refractivity contribution is -0.127. The molecule has 0 spiro atoms. The van der Waals surface area contributed by atoms with Gasteiger partial charge >= 0.3 is 0 Å². The van der Waals surface area contributed by atoms with Crippen molar-refractivity contribution in [3.63, 3.8) is 0 Å². The van der Waals surface area contributed by atoms with Gasteiger partial charge in [0.25, 0.3) is 0 Å². The SMILES string of the molecule is C=CC(=O)N1CCC(Oc2cc3c(Nc4cc(-c5cccn6ncnc56)c(F)cc4C(C)(C)O)ncnc3cc2OC)CC1. The topological polar surface area (TPSA) is 127 Å². The second-order valence-electron chi connectivity index (χ2n) is 11.1. The number of nitrogens with zero attached hydrogens (tertiary/aromatic N) is 6. The Kier molecular flexibility index (Phi) is 7.60. The smallest absolute Gasteiger partial charge is 0.245 e. The zero-order valence-corrected chi connectivity index (χ0v) is 24.6. The molecule has 1 aliphatic heterocycles. The molecule has 0 saturated carbocycles. The van der Waals surface area contributed by atoms with Crippen LogP contribution in [0.3, 0.4) is 0 Å². The van der Waals surface area contributed by atoms with Gasteiger partial charge in [-0.1, -0.05) is 6.58 Å². The highest BCUT2D eigenvalue weighted by molar-refractivity contribution is 5.94. The number of amides is 1. The highest BCUT2D eigenvalue weighted by atomic mass is 19.1. The average molecular weight is 598 g/mol. The number of fused-ring (bicyclic) bond motifs is 2. The van der Waals surface area contributed by atoms with Crippen molar-refractivity contribution in [2.24, 2.45) is 0 Å². The molecule has 11 nitrogen and oxygen atoms in total. The van der Waals surface area contributed by atoms with Crippen LogP contribution in [0.25, 0.3) is 27.7 Å². The maximum Gasteiger partial charge on any atom is 0.245 e. The normalized spacial score (nSPS) is 14.2. The summed E-state index contributed by atoms with van der Waals surface area (Å²) >= 11 is 0. The van der Waals surface area contributed by atoms with Crippen LogP contribution in [0.1, 0.15) is 32.3 Å². The number of hydrogen-bond donors (Lipinski definition) is 2. The first-order valence-corrected chi connectivity index (χ1v) is 14.2. The first-order valence-electron chi connectivity index (χ1n) is 14.2. The summed E-state index contributed by atoms with van der Waals surface area (Å²) in [7, 11) is 1.56. The fraction of sp³-hybridized carbons (Fsp3) is 0.281. The summed E-state index contributed by atoms with van der Waals surface area (Å²) in [5.41, 5.74) is 1.32. The van der Waals surface area contributed by atoms with Crippen molar-refractivity contribution in [3.8, 4) is 22.6 Å². The van der Waals surface area contributed by atoms with E-state index < -0.39 is 11.4 Å². The number of likely N-dealkylation sites (tertiary alicyclic amines) is 1. The van der Waals surface area contributed by atoms with Crippen molar-refractivity contribution < 1.29 is 23.8 Å². The van der Waals surface area contributed by atoms with Crippen LogP contribution in [0.4, 0.5) is 15.9 Å². The van der Waals surface area contributed by atoms with Crippen LogP contribution < -0.4 is 14.8 Å². The third-order valence-electron chi connectivity index (χ3n) is 7.76. The molecule has 2 N–H and O–H groups in total. The summed E-state index contributed by atoms with van der Waals surface area (Å²) in [6.45, 7) is 7.89. The number of hydrogen-bond acceptors (Lipinski definition) is 9. The average Bonchev–Trinajstić information content (AvgIpc) is 3.50. The molecule has 6 rings (SSSR count). The number of nitrogens with one attached hydrogen (secondary N) is 1. The molecule has 2 aromatic carbocycles. The van der Waals surface area contributed by atoms with Crippen molar-refractivity contribution in [1.82, 2.24) is 29.5 Å². The minimum Gasteiger partial charge on any atom is -0.493 e. The third-order valence-corrected chi connectivity index (χ3v) is 7.76. The molecular formula is C32H32FN7O4. The fourth-order valence-electron chi connectivity index (χ4n) is 5.49. The highest BCUT2D eigenvalue weighted by Gasteiger charge is 2.26. The van der Waals surface area contributed by atoms with Gasteiger partial charge in [0.1, 0.15) is 30.4 Å². The number of carbonyl (C=O) groups excluding carboxylic acids is 1. The number of halogens is 1. The van der Waals surface area contributed by atoms with Crippen LogP contribution >= 0.6 is 0 Å². The van der Waals surface area contributed by atoms with Crippen molar-refractivity contribution in [2.45, 2.75) is 38.4 Å². The van der Waals surface area contributed by atoms with Gasteiger partial charge in [-0.25, -0.2) is 23.9 Å². The molecule has 1 amide bonds. The molecule has 12 heteroatoms. The van der Waals surface area contributed by atoms with Crippen LogP contribution in [0.15, 0.2) is 67.9 Å². The molecule has 1 aliphatic rings. The van der Waals surface area contributed by atoms with Gasteiger partial charge < -0.3 is 24.8 Å². The molecule has 0 radical (unpaired) electrons. The molecule has 4 heterocycles. The number of piperidine rings is 1. The number of aromatic nitrogens is 5. The monoisotopic (exact) mass is 597 g/mol. The number of methoxy groups -OCH3 is 1. The molecule has 0 aliphatic carbocycles. The minimum atomic E-state index is -1.38. The van der Waals surface area contributed by atoms with Crippen LogP contribution in [0, 0.1) is 5.82 Å². The Balaban J connectivity index is 1.39. The zero-order chi connectivity index (χ0) is 31.0. The van der Waals surface area contributed by atoms with E-state index in [4.69, 9.17) is 9.47 Å². The van der Waals surface area contributed by atoms with E-state index in [0.29, 0.717) is 76.6 Å². The Morgan fingerprint density at radius 3 is 2.64 bits per heavy atom. The Morgan fingerprint density at radius 1 is 1.11 bits per heavy atom. The van der Waals surface area contributed by atoms with E-state index in [0.717, 1.165) is 0 Å². The Hall–Kier alpha value is -5.10. The predicted octanol–water partition coefficient (Wildman–Crippen LogP) is 5.01. The molecule has 226 valence electrons. The van der Waals surface area contributed by atoms with E-state index in [2.05, 4.69) is 31.9 Å². The molecule has 1 fully saturated rings. The first-order chi connectivity index (χ1) is 21.2. The van der Waals surface area contributed by atoms with Crippen LogP contribution in [-0.2, 0) is 10.4 Å². The van der Waals surface area contributed by atoms with E-state index in [9.17, 15) is 9.90 Å². The largest absolute Gasteiger partial charge is 0.493 e. The van der Waals surface area contributed by atoms with Gasteiger partial charge in [0.2, 0.25) is 5.91 Å². The summed E-state index contributed by atoms with van der Waals surface area (Å²) in [6, 6.07) is 10.1. The summed E-state index contributed by atoms with van der Waals surface area (Å²) in [6.07, 6.45) is 7.07. The quantitative estimate of drug-likeness (QED) is 0.237. The maximum absolute atomic E-state index is 15.6. The van der Waals surface area contributed by atoms with Gasteiger partial charge in [0.15, 0.2) is 17.1 Å². The third kappa shape index (κ3) is 5.51. The number of anilines is 2. The van der Waals surface area contributed by atoms with E-state index in [1.54, 1.807) is 60.8 Å². The van der Waals surface area contributed by atoms with Crippen molar-refractivity contribution in [1.29, 1.82) is 0 Å². The van der Waals surface area contributed by atoms with Crippen molar-refractivity contribution in [2.75, 3.05) is 25.5 Å². The molecule has 1 saturated heterocycles. The van der Waals surface area contributed by atoms with Crippen molar-refractivity contribution in [3.05, 3.63) is 79.3 Å². The van der Waals surface area contributed by atoms with Crippen LogP contribution in [0.2, 0.25) is 0 Å². The Morgan fingerprint density at radius 2 is 1.91 bits per heavy atom. The lowest BCUT2D eigenvalue weighted by Crippen LogP contribution is -2.41. The number of rotatable bonds is 8. The highest BCUT2D eigenvalue weighted by Crippen LogP contribution is 2.40. The fourth-order valence-corrected chi connectivity index (χ4v) is 5.49.